The molecule has 0 aliphatic rings. The van der Waals surface area contributed by atoms with Gasteiger partial charge in [-0.3, -0.25) is 0 Å². The van der Waals surface area contributed by atoms with Crippen LogP contribution in [0.15, 0.2) is 0 Å². The Balaban J connectivity index is 0. The first-order chi connectivity index (χ1) is 3.62. The van der Waals surface area contributed by atoms with Crippen LogP contribution in [0.4, 0.5) is 4.39 Å². The molecule has 0 bridgehead atoms. The predicted octanol–water partition coefficient (Wildman–Crippen LogP) is 0.742. The zero-order chi connectivity index (χ0) is 6.62. The molecule has 1 unspecified atom stereocenters. The number of hydrogen-bond donors (Lipinski definition) is 1. The standard InChI is InChI=1S/C5H12FNO.ClH/c1-5(6,3-7)4-8-2;/h3-4,7H2,1-2H3;1H. The van der Waals surface area contributed by atoms with Gasteiger partial charge in [0.05, 0.1) is 6.61 Å². The van der Waals surface area contributed by atoms with Crippen molar-refractivity contribution in [2.45, 2.75) is 12.6 Å². The Morgan fingerprint density at radius 3 is 2.22 bits per heavy atom. The van der Waals surface area contributed by atoms with E-state index in [1.165, 1.54) is 14.0 Å². The van der Waals surface area contributed by atoms with Crippen molar-refractivity contribution >= 4 is 12.4 Å². The van der Waals surface area contributed by atoms with Gasteiger partial charge in [0.15, 0.2) is 0 Å². The van der Waals surface area contributed by atoms with Crippen LogP contribution < -0.4 is 5.73 Å². The number of halogens is 2. The molecule has 0 radical (unpaired) electrons. The van der Waals surface area contributed by atoms with Crippen molar-refractivity contribution < 1.29 is 9.13 Å². The van der Waals surface area contributed by atoms with E-state index in [0.29, 0.717) is 0 Å². The zero-order valence-electron chi connectivity index (χ0n) is 5.69. The smallest absolute Gasteiger partial charge is 0.143 e. The lowest BCUT2D eigenvalue weighted by Crippen LogP contribution is -2.33. The molecule has 2 N–H and O–H groups in total. The Bertz CT molecular complexity index is 70.0. The van der Waals surface area contributed by atoms with Gasteiger partial charge in [-0.15, -0.1) is 12.4 Å². The van der Waals surface area contributed by atoms with Crippen LogP contribution in [0, 0.1) is 0 Å². The Kier molecular flexibility index (Phi) is 6.56. The molecular formula is C5H13ClFNO. The normalized spacial score (nSPS) is 16.0. The van der Waals surface area contributed by atoms with E-state index in [1.54, 1.807) is 0 Å². The summed E-state index contributed by atoms with van der Waals surface area (Å²) in [6, 6.07) is 0. The van der Waals surface area contributed by atoms with Crippen molar-refractivity contribution in [3.05, 3.63) is 0 Å². The number of hydrogen-bond acceptors (Lipinski definition) is 2. The molecule has 0 rings (SSSR count). The minimum Gasteiger partial charge on any atom is -0.381 e. The molecule has 0 aromatic rings. The van der Waals surface area contributed by atoms with Gasteiger partial charge in [0.1, 0.15) is 5.67 Å². The maximum atomic E-state index is 12.6. The lowest BCUT2D eigenvalue weighted by atomic mass is 10.1. The average Bonchev–Trinajstić information content (AvgIpc) is 1.67. The number of ether oxygens (including phenoxy) is 1. The van der Waals surface area contributed by atoms with E-state index in [0.717, 1.165) is 0 Å². The Morgan fingerprint density at radius 2 is 2.11 bits per heavy atom. The number of nitrogens with two attached hydrogens (primary N) is 1. The minimum atomic E-state index is -1.35. The van der Waals surface area contributed by atoms with Crippen LogP contribution in [0.25, 0.3) is 0 Å². The topological polar surface area (TPSA) is 35.2 Å². The van der Waals surface area contributed by atoms with Gasteiger partial charge in [0.2, 0.25) is 0 Å². The minimum absolute atomic E-state index is 0. The summed E-state index contributed by atoms with van der Waals surface area (Å²) in [7, 11) is 1.45. The van der Waals surface area contributed by atoms with E-state index in [1.807, 2.05) is 0 Å². The molecule has 4 heteroatoms. The van der Waals surface area contributed by atoms with Gasteiger partial charge >= 0.3 is 0 Å². The van der Waals surface area contributed by atoms with Crippen LogP contribution in [-0.4, -0.2) is 25.9 Å². The van der Waals surface area contributed by atoms with Gasteiger partial charge in [-0.05, 0) is 6.92 Å². The van der Waals surface area contributed by atoms with Crippen molar-refractivity contribution in [3.63, 3.8) is 0 Å². The fraction of sp³-hybridized carbons (Fsp3) is 1.00. The maximum Gasteiger partial charge on any atom is 0.143 e. The van der Waals surface area contributed by atoms with E-state index < -0.39 is 5.67 Å². The van der Waals surface area contributed by atoms with Crippen molar-refractivity contribution in [2.75, 3.05) is 20.3 Å². The molecule has 0 saturated heterocycles. The SMILES string of the molecule is COCC(C)(F)CN.Cl. The summed E-state index contributed by atoms with van der Waals surface area (Å²) in [6.45, 7) is 1.50. The molecule has 0 aliphatic carbocycles. The van der Waals surface area contributed by atoms with Gasteiger partial charge in [-0.25, -0.2) is 4.39 Å². The van der Waals surface area contributed by atoms with Crippen LogP contribution in [0.1, 0.15) is 6.92 Å². The van der Waals surface area contributed by atoms with Gasteiger partial charge in [0, 0.05) is 13.7 Å². The lowest BCUT2D eigenvalue weighted by molar-refractivity contribution is 0.0611. The van der Waals surface area contributed by atoms with Crippen LogP contribution in [0.3, 0.4) is 0 Å². The van der Waals surface area contributed by atoms with Gasteiger partial charge in [-0.1, -0.05) is 0 Å². The van der Waals surface area contributed by atoms with Gasteiger partial charge in [-0.2, -0.15) is 0 Å². The number of alkyl halides is 1. The first-order valence-electron chi connectivity index (χ1n) is 2.50. The van der Waals surface area contributed by atoms with Crippen molar-refractivity contribution in [3.8, 4) is 0 Å². The van der Waals surface area contributed by atoms with Crippen LogP contribution in [-0.2, 0) is 4.74 Å². The first kappa shape index (κ1) is 11.9. The largest absolute Gasteiger partial charge is 0.381 e. The third-order valence-corrected chi connectivity index (χ3v) is 0.871. The highest BCUT2D eigenvalue weighted by Gasteiger charge is 2.19. The molecule has 0 aromatic carbocycles. The van der Waals surface area contributed by atoms with Gasteiger partial charge < -0.3 is 10.5 Å². The number of methoxy groups -OCH3 is 1. The summed E-state index contributed by atoms with van der Waals surface area (Å²) in [6.07, 6.45) is 0. The molecular weight excluding hydrogens is 145 g/mol. The quantitative estimate of drug-likeness (QED) is 0.656. The molecule has 0 heterocycles. The Morgan fingerprint density at radius 1 is 1.67 bits per heavy atom. The third kappa shape index (κ3) is 6.02. The maximum absolute atomic E-state index is 12.6. The second-order valence-corrected chi connectivity index (χ2v) is 2.05. The molecule has 9 heavy (non-hydrogen) atoms. The highest BCUT2D eigenvalue weighted by atomic mass is 35.5. The van der Waals surface area contributed by atoms with Crippen molar-refractivity contribution in [1.82, 2.24) is 0 Å². The van der Waals surface area contributed by atoms with Crippen LogP contribution >= 0.6 is 12.4 Å². The molecule has 2 nitrogen and oxygen atoms in total. The second kappa shape index (κ2) is 4.97. The highest BCUT2D eigenvalue weighted by molar-refractivity contribution is 5.85. The molecule has 0 spiro atoms. The third-order valence-electron chi connectivity index (χ3n) is 0.871. The molecule has 0 amide bonds. The monoisotopic (exact) mass is 157 g/mol. The van der Waals surface area contributed by atoms with E-state index in [2.05, 4.69) is 4.74 Å². The summed E-state index contributed by atoms with van der Waals surface area (Å²) in [4.78, 5) is 0. The highest BCUT2D eigenvalue weighted by Crippen LogP contribution is 2.06. The predicted molar refractivity (Wildman–Crippen MR) is 37.7 cm³/mol. The summed E-state index contributed by atoms with van der Waals surface area (Å²) >= 11 is 0. The first-order valence-corrected chi connectivity index (χ1v) is 2.50. The molecule has 0 saturated carbocycles. The second-order valence-electron chi connectivity index (χ2n) is 2.05. The number of rotatable bonds is 3. The molecule has 1 atom stereocenters. The lowest BCUT2D eigenvalue weighted by Gasteiger charge is -2.15. The van der Waals surface area contributed by atoms with E-state index in [-0.39, 0.29) is 25.6 Å². The summed E-state index contributed by atoms with van der Waals surface area (Å²) in [5.41, 5.74) is 3.68. The van der Waals surface area contributed by atoms with Crippen LogP contribution in [0.2, 0.25) is 0 Å². The van der Waals surface area contributed by atoms with E-state index >= 15 is 0 Å². The molecule has 0 fully saturated rings. The molecule has 0 aliphatic heterocycles. The zero-order valence-corrected chi connectivity index (χ0v) is 6.50. The van der Waals surface area contributed by atoms with Crippen molar-refractivity contribution in [2.24, 2.45) is 5.73 Å². The molecule has 0 aromatic heterocycles. The van der Waals surface area contributed by atoms with E-state index in [4.69, 9.17) is 5.73 Å². The Hall–Kier alpha value is 0.140. The van der Waals surface area contributed by atoms with E-state index in [9.17, 15) is 4.39 Å². The van der Waals surface area contributed by atoms with Crippen LogP contribution in [0.5, 0.6) is 0 Å². The summed E-state index contributed by atoms with van der Waals surface area (Å²) in [5, 5.41) is 0. The van der Waals surface area contributed by atoms with Crippen molar-refractivity contribution in [1.29, 1.82) is 0 Å². The molecule has 58 valence electrons. The average molecular weight is 158 g/mol. The summed E-state index contributed by atoms with van der Waals surface area (Å²) in [5.74, 6) is 0. The fourth-order valence-corrected chi connectivity index (χ4v) is 0.360. The van der Waals surface area contributed by atoms with Gasteiger partial charge in [0.25, 0.3) is 0 Å². The Labute approximate surface area is 61.0 Å². The summed E-state index contributed by atoms with van der Waals surface area (Å²) < 4.78 is 17.1. The fourth-order valence-electron chi connectivity index (χ4n) is 0.360.